The molecule has 0 bridgehead atoms. The first-order valence-corrected chi connectivity index (χ1v) is 13.6. The van der Waals surface area contributed by atoms with Gasteiger partial charge in [-0.1, -0.05) is 30.3 Å². The summed E-state index contributed by atoms with van der Waals surface area (Å²) in [5, 5.41) is 6.18. The lowest BCUT2D eigenvalue weighted by molar-refractivity contribution is -0.201. The number of hydrogen-bond donors (Lipinski definition) is 3. The highest BCUT2D eigenvalue weighted by Crippen LogP contribution is 2.30. The van der Waals surface area contributed by atoms with Crippen molar-refractivity contribution in [2.45, 2.75) is 19.3 Å². The molecule has 4 aromatic rings. The summed E-state index contributed by atoms with van der Waals surface area (Å²) in [6, 6.07) is 17.7. The normalized spacial score (nSPS) is 17.0. The summed E-state index contributed by atoms with van der Waals surface area (Å²) < 4.78 is 25.5. The molecule has 1 aliphatic rings. The molecule has 1 saturated heterocycles. The quantitative estimate of drug-likeness (QED) is 0.256. The monoisotopic (exact) mass is 559 g/mol. The number of likely N-dealkylation sites (N-methyl/N-ethyl adjacent to an activating group) is 1. The summed E-state index contributed by atoms with van der Waals surface area (Å²) in [7, 11) is 4.00. The highest BCUT2D eigenvalue weighted by Gasteiger charge is 2.29. The zero-order chi connectivity index (χ0) is 28.6. The second-order valence-corrected chi connectivity index (χ2v) is 10.1. The largest absolute Gasteiger partial charge is 0.353 e. The fourth-order valence-electron chi connectivity index (χ4n) is 4.40. The first-order valence-electron chi connectivity index (χ1n) is 13.6. The van der Waals surface area contributed by atoms with Crippen LogP contribution in [-0.2, 0) is 27.2 Å². The lowest BCUT2D eigenvalue weighted by Gasteiger charge is -2.28. The van der Waals surface area contributed by atoms with E-state index in [1.54, 1.807) is 24.4 Å². The molecule has 0 radical (unpaired) electrons. The van der Waals surface area contributed by atoms with Gasteiger partial charge in [-0.15, -0.1) is 0 Å². The van der Waals surface area contributed by atoms with E-state index in [9.17, 15) is 9.18 Å². The minimum absolute atomic E-state index is 0.107. The highest BCUT2D eigenvalue weighted by molar-refractivity contribution is 5.79. The fraction of sp³-hybridized carbons (Fsp3) is 0.333. The molecule has 10 nitrogen and oxygen atoms in total. The van der Waals surface area contributed by atoms with Crippen LogP contribution in [0.2, 0.25) is 0 Å². The van der Waals surface area contributed by atoms with Crippen LogP contribution < -0.4 is 10.6 Å². The maximum absolute atomic E-state index is 13.7. The molecule has 3 N–H and O–H groups in total. The third kappa shape index (κ3) is 7.72. The van der Waals surface area contributed by atoms with Gasteiger partial charge >= 0.3 is 0 Å². The predicted octanol–water partition coefficient (Wildman–Crippen LogP) is 3.49. The van der Waals surface area contributed by atoms with E-state index in [0.29, 0.717) is 48.4 Å². The first-order chi connectivity index (χ1) is 19.9. The van der Waals surface area contributed by atoms with Gasteiger partial charge in [0.25, 0.3) is 0 Å². The van der Waals surface area contributed by atoms with Crippen molar-refractivity contribution in [2.75, 3.05) is 45.7 Å². The third-order valence-corrected chi connectivity index (χ3v) is 6.63. The van der Waals surface area contributed by atoms with Crippen molar-refractivity contribution in [3.63, 3.8) is 0 Å². The first kappa shape index (κ1) is 28.3. The van der Waals surface area contributed by atoms with Crippen molar-refractivity contribution < 1.29 is 18.7 Å². The fourth-order valence-corrected chi connectivity index (χ4v) is 4.40. The van der Waals surface area contributed by atoms with Gasteiger partial charge in [-0.2, -0.15) is 0 Å². The number of ether oxygens (including phenoxy) is 2. The number of aromatic nitrogens is 4. The molecule has 0 spiro atoms. The van der Waals surface area contributed by atoms with Gasteiger partial charge in [0.1, 0.15) is 11.6 Å². The number of halogens is 1. The van der Waals surface area contributed by atoms with Crippen LogP contribution in [0.15, 0.2) is 66.9 Å². The van der Waals surface area contributed by atoms with Crippen molar-refractivity contribution in [3.8, 4) is 22.6 Å². The predicted molar refractivity (Wildman–Crippen MR) is 153 cm³/mol. The van der Waals surface area contributed by atoms with Crippen molar-refractivity contribution >= 4 is 11.9 Å². The standard InChI is InChI=1S/C30H34FN7O3/c1-38(2)15-14-33-30-32-13-12-24(35-30)28-27(21-8-10-23(31)11-9-21)36-25(37-28)16-26-40-18-22(19-41-26)29(39)34-17-20-6-4-3-5-7-20/h3-13,22,26H,14-19H2,1-2H3,(H,34,39)(H,36,37)(H,32,33,35). The molecule has 5 rings (SSSR count). The Labute approximate surface area is 238 Å². The van der Waals surface area contributed by atoms with Gasteiger partial charge in [-0.3, -0.25) is 4.79 Å². The number of aromatic amines is 1. The Morgan fingerprint density at radius 1 is 1.05 bits per heavy atom. The molecule has 0 atom stereocenters. The van der Waals surface area contributed by atoms with E-state index < -0.39 is 12.2 Å². The average molecular weight is 560 g/mol. The van der Waals surface area contributed by atoms with Crippen LogP contribution in [0, 0.1) is 11.7 Å². The Hall–Kier alpha value is -4.19. The van der Waals surface area contributed by atoms with Crippen LogP contribution in [0.4, 0.5) is 10.3 Å². The van der Waals surface area contributed by atoms with Crippen molar-refractivity contribution in [1.29, 1.82) is 0 Å². The van der Waals surface area contributed by atoms with E-state index in [4.69, 9.17) is 14.5 Å². The number of nitrogens with zero attached hydrogens (tertiary/aromatic N) is 4. The van der Waals surface area contributed by atoms with E-state index in [1.165, 1.54) is 12.1 Å². The van der Waals surface area contributed by atoms with Gasteiger partial charge in [0.2, 0.25) is 11.9 Å². The smallest absolute Gasteiger partial charge is 0.228 e. The Bertz CT molecular complexity index is 1420. The van der Waals surface area contributed by atoms with Gasteiger partial charge < -0.3 is 30.0 Å². The molecule has 1 aliphatic heterocycles. The maximum Gasteiger partial charge on any atom is 0.228 e. The number of benzene rings is 2. The molecule has 2 aromatic heterocycles. The van der Waals surface area contributed by atoms with E-state index >= 15 is 0 Å². The number of carbonyl (C=O) groups is 1. The average Bonchev–Trinajstić information content (AvgIpc) is 3.41. The molecule has 0 saturated carbocycles. The highest BCUT2D eigenvalue weighted by atomic mass is 19.1. The lowest BCUT2D eigenvalue weighted by Crippen LogP contribution is -2.42. The van der Waals surface area contributed by atoms with E-state index in [0.717, 1.165) is 17.7 Å². The topological polar surface area (TPSA) is 117 Å². The molecule has 41 heavy (non-hydrogen) atoms. The number of nitrogens with one attached hydrogen (secondary N) is 3. The number of carbonyl (C=O) groups excluding carboxylic acids is 1. The van der Waals surface area contributed by atoms with Crippen LogP contribution in [0.1, 0.15) is 11.4 Å². The van der Waals surface area contributed by atoms with E-state index in [-0.39, 0.29) is 24.9 Å². The summed E-state index contributed by atoms with van der Waals surface area (Å²) in [4.78, 5) is 31.9. The van der Waals surface area contributed by atoms with Crippen LogP contribution >= 0.6 is 0 Å². The summed E-state index contributed by atoms with van der Waals surface area (Å²) in [5.74, 6) is 0.297. The minimum Gasteiger partial charge on any atom is -0.353 e. The lowest BCUT2D eigenvalue weighted by atomic mass is 10.1. The Kier molecular flexibility index (Phi) is 9.29. The Balaban J connectivity index is 1.26. The number of anilines is 1. The summed E-state index contributed by atoms with van der Waals surface area (Å²) in [5.41, 5.74) is 3.73. The van der Waals surface area contributed by atoms with Gasteiger partial charge in [-0.05, 0) is 50.0 Å². The van der Waals surface area contributed by atoms with Crippen LogP contribution in [-0.4, -0.2) is 77.4 Å². The van der Waals surface area contributed by atoms with Crippen molar-refractivity contribution in [3.05, 3.63) is 84.1 Å². The van der Waals surface area contributed by atoms with E-state index in [1.807, 2.05) is 44.4 Å². The number of hydrogen-bond acceptors (Lipinski definition) is 8. The summed E-state index contributed by atoms with van der Waals surface area (Å²) in [6.45, 7) is 2.47. The summed E-state index contributed by atoms with van der Waals surface area (Å²) in [6.07, 6.45) is 1.46. The van der Waals surface area contributed by atoms with Gasteiger partial charge in [-0.25, -0.2) is 19.3 Å². The van der Waals surface area contributed by atoms with Gasteiger partial charge in [0.05, 0.1) is 42.6 Å². The van der Waals surface area contributed by atoms with Crippen molar-refractivity contribution in [1.82, 2.24) is 30.2 Å². The zero-order valence-corrected chi connectivity index (χ0v) is 23.1. The van der Waals surface area contributed by atoms with Gasteiger partial charge in [0.15, 0.2) is 6.29 Å². The molecule has 0 aliphatic carbocycles. The second-order valence-electron chi connectivity index (χ2n) is 10.1. The molecule has 11 heteroatoms. The summed E-state index contributed by atoms with van der Waals surface area (Å²) >= 11 is 0. The Morgan fingerprint density at radius 3 is 2.54 bits per heavy atom. The Morgan fingerprint density at radius 2 is 1.80 bits per heavy atom. The third-order valence-electron chi connectivity index (χ3n) is 6.63. The molecule has 1 fully saturated rings. The second kappa shape index (κ2) is 13.4. The molecule has 2 aromatic carbocycles. The maximum atomic E-state index is 13.7. The molecular weight excluding hydrogens is 525 g/mol. The van der Waals surface area contributed by atoms with Crippen LogP contribution in [0.3, 0.4) is 0 Å². The molecule has 1 amide bonds. The number of rotatable bonds is 11. The number of imidazole rings is 1. The SMILES string of the molecule is CN(C)CCNc1nccc(-c2[nH]c(CC3OCC(C(=O)NCc4ccccc4)CO3)nc2-c2ccc(F)cc2)n1. The zero-order valence-electron chi connectivity index (χ0n) is 23.1. The van der Waals surface area contributed by atoms with Gasteiger partial charge in [0, 0.05) is 31.4 Å². The molecule has 214 valence electrons. The minimum atomic E-state index is -0.568. The molecule has 0 unspecified atom stereocenters. The molecule has 3 heterocycles. The van der Waals surface area contributed by atoms with Crippen LogP contribution in [0.5, 0.6) is 0 Å². The number of amides is 1. The van der Waals surface area contributed by atoms with Crippen molar-refractivity contribution in [2.24, 2.45) is 5.92 Å². The van der Waals surface area contributed by atoms with Crippen LogP contribution in [0.25, 0.3) is 22.6 Å². The number of H-pyrrole nitrogens is 1. The molecular formula is C30H34FN7O3. The van der Waals surface area contributed by atoms with E-state index in [2.05, 4.69) is 30.5 Å².